The number of aromatic nitrogens is 1. The van der Waals surface area contributed by atoms with Crippen molar-refractivity contribution in [2.75, 3.05) is 17.2 Å². The highest BCUT2D eigenvalue weighted by Gasteiger charge is 2.15. The fourth-order valence-electron chi connectivity index (χ4n) is 2.26. The summed E-state index contributed by atoms with van der Waals surface area (Å²) in [6.45, 7) is 7.93. The minimum Gasteiger partial charge on any atom is -0.334 e. The van der Waals surface area contributed by atoms with Crippen LogP contribution < -0.4 is 16.0 Å². The average Bonchev–Trinajstić information content (AvgIpc) is 3.00. The van der Waals surface area contributed by atoms with E-state index in [1.165, 1.54) is 11.3 Å². The lowest BCUT2D eigenvalue weighted by Crippen LogP contribution is -2.28. The molecule has 1 aromatic heterocycles. The fourth-order valence-corrected chi connectivity index (χ4v) is 3.26. The monoisotopic (exact) mass is 372 g/mol. The van der Waals surface area contributed by atoms with Gasteiger partial charge in [-0.25, -0.2) is 9.78 Å². The molecular formula is C19H24N4O2S. The van der Waals surface area contributed by atoms with Crippen LogP contribution in [0.25, 0.3) is 0 Å². The number of thiazole rings is 1. The molecule has 0 aliphatic rings. The molecule has 0 aliphatic carbocycles. The first-order chi connectivity index (χ1) is 12.5. The Kier molecular flexibility index (Phi) is 7.35. The van der Waals surface area contributed by atoms with Crippen LogP contribution in [0.3, 0.4) is 0 Å². The fraction of sp³-hybridized carbons (Fsp3) is 0.316. The zero-order chi connectivity index (χ0) is 18.9. The lowest BCUT2D eigenvalue weighted by Gasteiger charge is -2.08. The van der Waals surface area contributed by atoms with Crippen molar-refractivity contribution in [2.24, 2.45) is 0 Å². The molecule has 138 valence electrons. The van der Waals surface area contributed by atoms with E-state index in [0.29, 0.717) is 22.8 Å². The van der Waals surface area contributed by atoms with E-state index in [4.69, 9.17) is 0 Å². The van der Waals surface area contributed by atoms with Crippen LogP contribution in [0.15, 0.2) is 36.9 Å². The molecule has 0 spiro atoms. The quantitative estimate of drug-likeness (QED) is 0.602. The number of unbranched alkanes of at least 4 members (excludes halogenated alkanes) is 1. The molecule has 0 fully saturated rings. The molecule has 7 heteroatoms. The van der Waals surface area contributed by atoms with Gasteiger partial charge in [0.1, 0.15) is 4.88 Å². The molecular weight excluding hydrogens is 348 g/mol. The van der Waals surface area contributed by atoms with Crippen molar-refractivity contribution >= 4 is 34.6 Å². The number of carbonyl (C=O) groups is 2. The van der Waals surface area contributed by atoms with Crippen molar-refractivity contribution in [1.82, 2.24) is 10.3 Å². The zero-order valence-corrected chi connectivity index (χ0v) is 15.9. The van der Waals surface area contributed by atoms with Crippen molar-refractivity contribution in [1.29, 1.82) is 0 Å². The van der Waals surface area contributed by atoms with Gasteiger partial charge in [-0.1, -0.05) is 19.4 Å². The van der Waals surface area contributed by atoms with Crippen molar-refractivity contribution in [2.45, 2.75) is 33.1 Å². The largest absolute Gasteiger partial charge is 0.334 e. The smallest absolute Gasteiger partial charge is 0.319 e. The molecule has 1 aromatic carbocycles. The lowest BCUT2D eigenvalue weighted by atomic mass is 10.2. The molecule has 3 amide bonds. The highest BCUT2D eigenvalue weighted by atomic mass is 32.1. The number of anilines is 2. The molecule has 0 atom stereocenters. The molecule has 0 bridgehead atoms. The number of carbonyl (C=O) groups excluding carboxylic acids is 2. The van der Waals surface area contributed by atoms with Crippen molar-refractivity contribution in [3.63, 3.8) is 0 Å². The number of aryl methyl sites for hydroxylation is 2. The van der Waals surface area contributed by atoms with E-state index in [1.54, 1.807) is 30.3 Å². The maximum absolute atomic E-state index is 12.5. The summed E-state index contributed by atoms with van der Waals surface area (Å²) in [7, 11) is 0. The second-order valence-corrected chi connectivity index (χ2v) is 6.86. The van der Waals surface area contributed by atoms with E-state index >= 15 is 0 Å². The first-order valence-corrected chi connectivity index (χ1v) is 9.38. The summed E-state index contributed by atoms with van der Waals surface area (Å²) < 4.78 is 0. The third-order valence-corrected chi connectivity index (χ3v) is 4.81. The Balaban J connectivity index is 1.96. The molecule has 2 aromatic rings. The number of benzene rings is 1. The summed E-state index contributed by atoms with van der Waals surface area (Å²) in [6, 6.07) is 6.65. The topological polar surface area (TPSA) is 83.1 Å². The van der Waals surface area contributed by atoms with Crippen LogP contribution in [-0.2, 0) is 6.42 Å². The van der Waals surface area contributed by atoms with Crippen LogP contribution in [0.2, 0.25) is 0 Å². The molecule has 2 rings (SSSR count). The Morgan fingerprint density at radius 1 is 1.19 bits per heavy atom. The summed E-state index contributed by atoms with van der Waals surface area (Å²) in [4.78, 5) is 29.2. The standard InChI is InChI=1S/C19H24N4O2S/c1-4-6-7-16-21-13(3)17(26-16)18(24)22-14-8-10-15(11-9-14)23-19(25)20-12-5-2/h5,8-11H,2,4,6-7,12H2,1,3H3,(H,22,24)(H2,20,23,25). The van der Waals surface area contributed by atoms with Crippen LogP contribution in [0.4, 0.5) is 16.2 Å². The van der Waals surface area contributed by atoms with Crippen LogP contribution in [-0.4, -0.2) is 23.5 Å². The number of urea groups is 1. The maximum atomic E-state index is 12.5. The van der Waals surface area contributed by atoms with E-state index < -0.39 is 0 Å². The average molecular weight is 372 g/mol. The van der Waals surface area contributed by atoms with Gasteiger partial charge < -0.3 is 16.0 Å². The maximum Gasteiger partial charge on any atom is 0.319 e. The Hall–Kier alpha value is -2.67. The SMILES string of the molecule is C=CCNC(=O)Nc1ccc(NC(=O)c2sc(CCCC)nc2C)cc1. The normalized spacial score (nSPS) is 10.2. The van der Waals surface area contributed by atoms with Crippen LogP contribution >= 0.6 is 11.3 Å². The Bertz CT molecular complexity index is 768. The highest BCUT2D eigenvalue weighted by molar-refractivity contribution is 7.13. The summed E-state index contributed by atoms with van der Waals surface area (Å²) in [5, 5.41) is 9.20. The van der Waals surface area contributed by atoms with Crippen LogP contribution in [0, 0.1) is 6.92 Å². The molecule has 3 N–H and O–H groups in total. The van der Waals surface area contributed by atoms with Gasteiger partial charge in [0.2, 0.25) is 0 Å². The second-order valence-electron chi connectivity index (χ2n) is 5.78. The molecule has 0 saturated heterocycles. The molecule has 26 heavy (non-hydrogen) atoms. The Morgan fingerprint density at radius 2 is 1.85 bits per heavy atom. The third-order valence-electron chi connectivity index (χ3n) is 3.60. The van der Waals surface area contributed by atoms with Gasteiger partial charge in [-0.2, -0.15) is 0 Å². The summed E-state index contributed by atoms with van der Waals surface area (Å²) in [5.74, 6) is -0.160. The molecule has 0 radical (unpaired) electrons. The molecule has 1 heterocycles. The van der Waals surface area contributed by atoms with E-state index in [2.05, 4.69) is 34.4 Å². The van der Waals surface area contributed by atoms with Gasteiger partial charge in [-0.05, 0) is 44.0 Å². The lowest BCUT2D eigenvalue weighted by molar-refractivity contribution is 0.103. The van der Waals surface area contributed by atoms with E-state index in [-0.39, 0.29) is 11.9 Å². The molecule has 0 aliphatic heterocycles. The highest BCUT2D eigenvalue weighted by Crippen LogP contribution is 2.22. The van der Waals surface area contributed by atoms with Gasteiger partial charge in [-0.15, -0.1) is 17.9 Å². The minimum atomic E-state index is -0.304. The zero-order valence-electron chi connectivity index (χ0n) is 15.1. The summed E-state index contributed by atoms with van der Waals surface area (Å²) in [5.41, 5.74) is 2.06. The van der Waals surface area contributed by atoms with E-state index in [9.17, 15) is 9.59 Å². The summed E-state index contributed by atoms with van der Waals surface area (Å²) >= 11 is 1.45. The number of nitrogens with one attached hydrogen (secondary N) is 3. The van der Waals surface area contributed by atoms with Gasteiger partial charge in [-0.3, -0.25) is 4.79 Å². The Morgan fingerprint density at radius 3 is 2.46 bits per heavy atom. The van der Waals surface area contributed by atoms with Crippen molar-refractivity contribution in [3.05, 3.63) is 52.5 Å². The predicted octanol–water partition coefficient (Wildman–Crippen LogP) is 4.35. The molecule has 0 saturated carbocycles. The second kappa shape index (κ2) is 9.72. The van der Waals surface area contributed by atoms with Gasteiger partial charge in [0, 0.05) is 17.9 Å². The first-order valence-electron chi connectivity index (χ1n) is 8.57. The molecule has 0 unspecified atom stereocenters. The first kappa shape index (κ1) is 19.7. The van der Waals surface area contributed by atoms with Crippen LogP contribution in [0.1, 0.15) is 40.1 Å². The van der Waals surface area contributed by atoms with Gasteiger partial charge in [0.25, 0.3) is 5.91 Å². The van der Waals surface area contributed by atoms with Gasteiger partial charge in [0.15, 0.2) is 0 Å². The van der Waals surface area contributed by atoms with E-state index in [0.717, 1.165) is 30.0 Å². The minimum absolute atomic E-state index is 0.160. The van der Waals surface area contributed by atoms with E-state index in [1.807, 2.05) is 6.92 Å². The summed E-state index contributed by atoms with van der Waals surface area (Å²) in [6.07, 6.45) is 4.69. The number of hydrogen-bond acceptors (Lipinski definition) is 4. The number of nitrogens with zero attached hydrogens (tertiary/aromatic N) is 1. The van der Waals surface area contributed by atoms with Crippen molar-refractivity contribution in [3.8, 4) is 0 Å². The number of rotatable bonds is 8. The van der Waals surface area contributed by atoms with Crippen molar-refractivity contribution < 1.29 is 9.59 Å². The number of hydrogen-bond donors (Lipinski definition) is 3. The predicted molar refractivity (Wildman–Crippen MR) is 107 cm³/mol. The third kappa shape index (κ3) is 5.70. The molecule has 6 nitrogen and oxygen atoms in total. The van der Waals surface area contributed by atoms with Gasteiger partial charge >= 0.3 is 6.03 Å². The Labute approximate surface area is 157 Å². The van der Waals surface area contributed by atoms with Gasteiger partial charge in [0.05, 0.1) is 10.7 Å². The number of amides is 3. The van der Waals surface area contributed by atoms with Crippen LogP contribution in [0.5, 0.6) is 0 Å².